The molecule has 0 aromatic heterocycles. The number of fused-ring (bicyclic) bond motifs is 5. The molecule has 1 saturated heterocycles. The fourth-order valence-corrected chi connectivity index (χ4v) is 3.89. The van der Waals surface area contributed by atoms with Gasteiger partial charge >= 0.3 is 0 Å². The number of nitrogens with zero attached hydrogens (tertiary/aromatic N) is 1. The third-order valence-electron chi connectivity index (χ3n) is 4.80. The Morgan fingerprint density at radius 1 is 1.00 bits per heavy atom. The number of carbonyl (C=O) groups is 2. The molecule has 2 aliphatic carbocycles. The summed E-state index contributed by atoms with van der Waals surface area (Å²) in [6.45, 7) is 0. The molecule has 0 radical (unpaired) electrons. The monoisotopic (exact) mass is 269 g/mol. The van der Waals surface area contributed by atoms with Crippen molar-refractivity contribution in [1.82, 2.24) is 0 Å². The van der Waals surface area contributed by atoms with Gasteiger partial charge in [-0.05, 0) is 42.5 Å². The van der Waals surface area contributed by atoms with Crippen LogP contribution in [0.25, 0.3) is 0 Å². The van der Waals surface area contributed by atoms with Gasteiger partial charge in [0.05, 0.1) is 24.6 Å². The van der Waals surface area contributed by atoms with E-state index in [1.54, 1.807) is 31.4 Å². The molecule has 0 N–H and O–H groups in total. The van der Waals surface area contributed by atoms with Crippen molar-refractivity contribution in [2.75, 3.05) is 12.0 Å². The standard InChI is InChI=1S/C16H15NO3/c1-20-12-6-4-11(5-7-12)17-15(18)13-9-2-3-10(8-9)14(13)16(17)19/h2-7,9-10,13-14H,8H2,1H3/t9-,10-,13+,14+/m0/s1. The van der Waals surface area contributed by atoms with Crippen molar-refractivity contribution < 1.29 is 14.3 Å². The molecule has 3 aliphatic rings. The van der Waals surface area contributed by atoms with Crippen LogP contribution in [0.3, 0.4) is 0 Å². The van der Waals surface area contributed by atoms with E-state index in [-0.39, 0.29) is 35.5 Å². The van der Waals surface area contributed by atoms with Gasteiger partial charge in [-0.1, -0.05) is 12.2 Å². The third-order valence-corrected chi connectivity index (χ3v) is 4.80. The minimum absolute atomic E-state index is 0.0398. The molecule has 1 aliphatic heterocycles. The summed E-state index contributed by atoms with van der Waals surface area (Å²) in [5.74, 6) is 0.868. The first kappa shape index (κ1) is 11.7. The Morgan fingerprint density at radius 2 is 1.55 bits per heavy atom. The zero-order valence-electron chi connectivity index (χ0n) is 11.2. The maximum Gasteiger partial charge on any atom is 0.238 e. The summed E-state index contributed by atoms with van der Waals surface area (Å²) in [5.41, 5.74) is 0.648. The maximum atomic E-state index is 12.6. The van der Waals surface area contributed by atoms with Crippen LogP contribution >= 0.6 is 0 Å². The molecule has 4 nitrogen and oxygen atoms in total. The van der Waals surface area contributed by atoms with Crippen LogP contribution in [0.2, 0.25) is 0 Å². The molecule has 1 aromatic carbocycles. The van der Waals surface area contributed by atoms with Gasteiger partial charge in [-0.25, -0.2) is 0 Å². The van der Waals surface area contributed by atoms with Crippen molar-refractivity contribution in [3.05, 3.63) is 36.4 Å². The Hall–Kier alpha value is -2.10. The highest BCUT2D eigenvalue weighted by Crippen LogP contribution is 2.53. The molecule has 1 heterocycles. The predicted octanol–water partition coefficient (Wildman–Crippen LogP) is 2.01. The van der Waals surface area contributed by atoms with Gasteiger partial charge in [-0.15, -0.1) is 0 Å². The Kier molecular flexibility index (Phi) is 2.31. The first-order chi connectivity index (χ1) is 9.70. The van der Waals surface area contributed by atoms with Crippen LogP contribution < -0.4 is 9.64 Å². The average Bonchev–Trinajstić information content (AvgIpc) is 3.14. The highest BCUT2D eigenvalue weighted by molar-refractivity contribution is 6.22. The lowest BCUT2D eigenvalue weighted by Gasteiger charge is -2.17. The molecule has 102 valence electrons. The molecule has 20 heavy (non-hydrogen) atoms. The molecular weight excluding hydrogens is 254 g/mol. The van der Waals surface area contributed by atoms with E-state index in [9.17, 15) is 9.59 Å². The molecule has 2 bridgehead atoms. The second-order valence-electron chi connectivity index (χ2n) is 5.71. The van der Waals surface area contributed by atoms with Crippen LogP contribution in [0, 0.1) is 23.7 Å². The second kappa shape index (κ2) is 3.95. The van der Waals surface area contributed by atoms with E-state index in [2.05, 4.69) is 12.2 Å². The van der Waals surface area contributed by atoms with Gasteiger partial charge in [0, 0.05) is 0 Å². The van der Waals surface area contributed by atoms with Crippen LogP contribution in [0.4, 0.5) is 5.69 Å². The topological polar surface area (TPSA) is 46.6 Å². The van der Waals surface area contributed by atoms with E-state index in [1.165, 1.54) is 4.90 Å². The number of amides is 2. The number of hydrogen-bond acceptors (Lipinski definition) is 3. The zero-order valence-corrected chi connectivity index (χ0v) is 11.2. The molecule has 0 unspecified atom stereocenters. The Morgan fingerprint density at radius 3 is 2.05 bits per heavy atom. The number of allylic oxidation sites excluding steroid dienone is 2. The highest BCUT2D eigenvalue weighted by atomic mass is 16.5. The third kappa shape index (κ3) is 1.36. The summed E-state index contributed by atoms with van der Waals surface area (Å²) in [6.07, 6.45) is 5.17. The fraction of sp³-hybridized carbons (Fsp3) is 0.375. The average molecular weight is 269 g/mol. The molecule has 4 atom stereocenters. The molecule has 1 aromatic rings. The van der Waals surface area contributed by atoms with Crippen molar-refractivity contribution in [3.63, 3.8) is 0 Å². The molecule has 4 rings (SSSR count). The first-order valence-corrected chi connectivity index (χ1v) is 6.91. The molecule has 1 saturated carbocycles. The SMILES string of the molecule is COc1ccc(N2C(=O)[C@H]3[C@H](C2=O)[C@H]2C=C[C@H]3C2)cc1. The van der Waals surface area contributed by atoms with Gasteiger partial charge in [-0.2, -0.15) is 0 Å². The second-order valence-corrected chi connectivity index (χ2v) is 5.71. The van der Waals surface area contributed by atoms with E-state index in [4.69, 9.17) is 4.74 Å². The molecular formula is C16H15NO3. The van der Waals surface area contributed by atoms with Crippen molar-refractivity contribution >= 4 is 17.5 Å². The Bertz CT molecular complexity index is 589. The van der Waals surface area contributed by atoms with E-state index in [1.807, 2.05) is 0 Å². The number of benzene rings is 1. The van der Waals surface area contributed by atoms with Crippen LogP contribution in [0.15, 0.2) is 36.4 Å². The van der Waals surface area contributed by atoms with Gasteiger partial charge < -0.3 is 4.74 Å². The van der Waals surface area contributed by atoms with Gasteiger partial charge in [0.15, 0.2) is 0 Å². The first-order valence-electron chi connectivity index (χ1n) is 6.91. The highest BCUT2D eigenvalue weighted by Gasteiger charge is 2.59. The normalized spacial score (nSPS) is 34.0. The number of methoxy groups -OCH3 is 1. The fourth-order valence-electron chi connectivity index (χ4n) is 3.89. The van der Waals surface area contributed by atoms with E-state index < -0.39 is 0 Å². The summed E-state index contributed by atoms with van der Waals surface area (Å²) >= 11 is 0. The number of rotatable bonds is 2. The summed E-state index contributed by atoms with van der Waals surface area (Å²) < 4.78 is 5.11. The van der Waals surface area contributed by atoms with E-state index in [0.717, 1.165) is 12.2 Å². The summed E-state index contributed by atoms with van der Waals surface area (Å²) in [6, 6.07) is 7.09. The minimum atomic E-state index is -0.139. The largest absolute Gasteiger partial charge is 0.497 e. The summed E-state index contributed by atoms with van der Waals surface area (Å²) in [4.78, 5) is 26.5. The van der Waals surface area contributed by atoms with Gasteiger partial charge in [0.2, 0.25) is 11.8 Å². The summed E-state index contributed by atoms with van der Waals surface area (Å²) in [7, 11) is 1.59. The Labute approximate surface area is 117 Å². The molecule has 0 spiro atoms. The Balaban J connectivity index is 1.70. The van der Waals surface area contributed by atoms with E-state index in [0.29, 0.717) is 5.69 Å². The van der Waals surface area contributed by atoms with Crippen molar-refractivity contribution in [1.29, 1.82) is 0 Å². The van der Waals surface area contributed by atoms with Gasteiger partial charge in [0.1, 0.15) is 5.75 Å². The number of carbonyl (C=O) groups excluding carboxylic acids is 2. The molecule has 4 heteroatoms. The van der Waals surface area contributed by atoms with Crippen LogP contribution in [-0.4, -0.2) is 18.9 Å². The number of ether oxygens (including phenoxy) is 1. The lowest BCUT2D eigenvalue weighted by atomic mass is 9.85. The van der Waals surface area contributed by atoms with Crippen LogP contribution in [-0.2, 0) is 9.59 Å². The number of imide groups is 1. The lowest BCUT2D eigenvalue weighted by Crippen LogP contribution is -2.32. The number of hydrogen-bond donors (Lipinski definition) is 0. The maximum absolute atomic E-state index is 12.6. The molecule has 2 fully saturated rings. The van der Waals surface area contributed by atoms with Gasteiger partial charge in [-0.3, -0.25) is 14.5 Å². The molecule has 2 amide bonds. The van der Waals surface area contributed by atoms with Gasteiger partial charge in [0.25, 0.3) is 0 Å². The predicted molar refractivity (Wildman–Crippen MR) is 73.2 cm³/mol. The summed E-state index contributed by atoms with van der Waals surface area (Å²) in [5, 5.41) is 0. The smallest absolute Gasteiger partial charge is 0.238 e. The van der Waals surface area contributed by atoms with Crippen molar-refractivity contribution in [3.8, 4) is 5.75 Å². The van der Waals surface area contributed by atoms with E-state index >= 15 is 0 Å². The number of anilines is 1. The zero-order chi connectivity index (χ0) is 13.9. The minimum Gasteiger partial charge on any atom is -0.497 e. The lowest BCUT2D eigenvalue weighted by molar-refractivity contribution is -0.123. The van der Waals surface area contributed by atoms with Crippen LogP contribution in [0.1, 0.15) is 6.42 Å². The quantitative estimate of drug-likeness (QED) is 0.609. The van der Waals surface area contributed by atoms with Crippen LogP contribution in [0.5, 0.6) is 5.75 Å². The van der Waals surface area contributed by atoms with Crippen molar-refractivity contribution in [2.45, 2.75) is 6.42 Å². The van der Waals surface area contributed by atoms with Crippen molar-refractivity contribution in [2.24, 2.45) is 23.7 Å².